The van der Waals surface area contributed by atoms with Crippen LogP contribution in [0.5, 0.6) is 0 Å². The van der Waals surface area contributed by atoms with Crippen molar-refractivity contribution in [3.8, 4) is 0 Å². The zero-order chi connectivity index (χ0) is 11.6. The van der Waals surface area contributed by atoms with Crippen LogP contribution in [0.1, 0.15) is 44.6 Å². The Balaban J connectivity index is 3.12. The third-order valence-corrected chi connectivity index (χ3v) is 2.40. The van der Waals surface area contributed by atoms with Gasteiger partial charge in [-0.3, -0.25) is 9.48 Å². The molecule has 0 unspecified atom stereocenters. The van der Waals surface area contributed by atoms with Gasteiger partial charge >= 0.3 is 0 Å². The lowest BCUT2D eigenvalue weighted by atomic mass is 9.89. The molecule has 1 rings (SSSR count). The van der Waals surface area contributed by atoms with Gasteiger partial charge in [-0.1, -0.05) is 39.3 Å². The molecule has 1 aromatic rings. The molecule has 0 aromatic carbocycles. The van der Waals surface area contributed by atoms with Crippen LogP contribution in [0.3, 0.4) is 0 Å². The summed E-state index contributed by atoms with van der Waals surface area (Å²) in [6, 6.07) is 0. The maximum Gasteiger partial charge on any atom is 0.187 e. The molecule has 84 valence electrons. The largest absolute Gasteiger partial charge is 0.292 e. The molecule has 0 N–H and O–H groups in total. The minimum Gasteiger partial charge on any atom is -0.292 e. The molecule has 3 nitrogen and oxygen atoms in total. The summed E-state index contributed by atoms with van der Waals surface area (Å²) in [5.41, 5.74) is 0.112. The SMILES string of the molecule is CCCn1ncc(Cl)c1C(=O)C(C)(C)C. The minimum absolute atomic E-state index is 0.0402. The quantitative estimate of drug-likeness (QED) is 0.745. The Labute approximate surface area is 95.4 Å². The zero-order valence-electron chi connectivity index (χ0n) is 9.67. The van der Waals surface area contributed by atoms with Crippen LogP contribution in [-0.2, 0) is 6.54 Å². The molecule has 0 atom stereocenters. The van der Waals surface area contributed by atoms with Crippen molar-refractivity contribution in [2.24, 2.45) is 5.41 Å². The molecule has 0 saturated carbocycles. The Morgan fingerprint density at radius 3 is 2.60 bits per heavy atom. The number of hydrogen-bond acceptors (Lipinski definition) is 2. The molecule has 1 aromatic heterocycles. The maximum atomic E-state index is 12.1. The van der Waals surface area contributed by atoms with E-state index < -0.39 is 5.41 Å². The molecule has 0 saturated heterocycles. The third kappa shape index (κ3) is 2.59. The van der Waals surface area contributed by atoms with Crippen molar-refractivity contribution in [1.29, 1.82) is 0 Å². The van der Waals surface area contributed by atoms with E-state index >= 15 is 0 Å². The maximum absolute atomic E-state index is 12.1. The van der Waals surface area contributed by atoms with E-state index in [2.05, 4.69) is 5.10 Å². The molecule has 0 fully saturated rings. The molecule has 0 amide bonds. The molecule has 4 heteroatoms. The van der Waals surface area contributed by atoms with Crippen LogP contribution in [0.4, 0.5) is 0 Å². The summed E-state index contributed by atoms with van der Waals surface area (Å²) in [5.74, 6) is 0.0402. The molecule has 0 aliphatic heterocycles. The van der Waals surface area contributed by atoms with Crippen LogP contribution >= 0.6 is 11.6 Å². The second kappa shape index (κ2) is 4.35. The standard InChI is InChI=1S/C11H17ClN2O/c1-5-6-14-9(8(12)7-13-14)10(15)11(2,3)4/h7H,5-6H2,1-4H3. The predicted molar refractivity (Wildman–Crippen MR) is 61.3 cm³/mol. The van der Waals surface area contributed by atoms with Gasteiger partial charge in [0, 0.05) is 12.0 Å². The van der Waals surface area contributed by atoms with Gasteiger partial charge in [0.25, 0.3) is 0 Å². The first kappa shape index (κ1) is 12.2. The van der Waals surface area contributed by atoms with Crippen molar-refractivity contribution in [2.45, 2.75) is 40.7 Å². The summed E-state index contributed by atoms with van der Waals surface area (Å²) in [7, 11) is 0. The molecular formula is C11H17ClN2O. The Morgan fingerprint density at radius 2 is 2.13 bits per heavy atom. The highest BCUT2D eigenvalue weighted by Gasteiger charge is 2.28. The Hall–Kier alpha value is -0.830. The molecule has 1 heterocycles. The van der Waals surface area contributed by atoms with Crippen molar-refractivity contribution in [3.63, 3.8) is 0 Å². The van der Waals surface area contributed by atoms with E-state index in [-0.39, 0.29) is 5.78 Å². The van der Waals surface area contributed by atoms with Crippen LogP contribution in [0.25, 0.3) is 0 Å². The molecule has 0 aliphatic rings. The lowest BCUT2D eigenvalue weighted by molar-refractivity contribution is 0.0846. The van der Waals surface area contributed by atoms with Crippen LogP contribution in [0.15, 0.2) is 6.20 Å². The number of nitrogens with zero attached hydrogens (tertiary/aromatic N) is 2. The first-order valence-electron chi connectivity index (χ1n) is 5.14. The van der Waals surface area contributed by atoms with E-state index in [9.17, 15) is 4.79 Å². The monoisotopic (exact) mass is 228 g/mol. The van der Waals surface area contributed by atoms with Crippen molar-refractivity contribution >= 4 is 17.4 Å². The van der Waals surface area contributed by atoms with Gasteiger partial charge < -0.3 is 0 Å². The Bertz CT molecular complexity index is 363. The first-order chi connectivity index (χ1) is 6.88. The van der Waals surface area contributed by atoms with Crippen molar-refractivity contribution in [2.75, 3.05) is 0 Å². The molecule has 0 bridgehead atoms. The van der Waals surface area contributed by atoms with Gasteiger partial charge in [0.15, 0.2) is 5.78 Å². The third-order valence-electron chi connectivity index (χ3n) is 2.13. The van der Waals surface area contributed by atoms with Crippen molar-refractivity contribution < 1.29 is 4.79 Å². The Morgan fingerprint density at radius 1 is 1.53 bits per heavy atom. The van der Waals surface area contributed by atoms with Gasteiger partial charge in [-0.15, -0.1) is 0 Å². The van der Waals surface area contributed by atoms with Crippen LogP contribution in [0.2, 0.25) is 5.02 Å². The van der Waals surface area contributed by atoms with Crippen LogP contribution in [-0.4, -0.2) is 15.6 Å². The van der Waals surface area contributed by atoms with Gasteiger partial charge in [-0.2, -0.15) is 5.10 Å². The highest BCUT2D eigenvalue weighted by atomic mass is 35.5. The van der Waals surface area contributed by atoms with Gasteiger partial charge in [0.05, 0.1) is 11.2 Å². The predicted octanol–water partition coefficient (Wildman–Crippen LogP) is 3.18. The van der Waals surface area contributed by atoms with Crippen molar-refractivity contribution in [3.05, 3.63) is 16.9 Å². The average molecular weight is 229 g/mol. The number of aromatic nitrogens is 2. The summed E-state index contributed by atoms with van der Waals surface area (Å²) in [4.78, 5) is 12.1. The lowest BCUT2D eigenvalue weighted by Crippen LogP contribution is -2.24. The number of Topliss-reactive ketones (excluding diaryl/α,β-unsaturated/α-hetero) is 1. The summed E-state index contributed by atoms with van der Waals surface area (Å²) in [5, 5.41) is 4.55. The van der Waals surface area contributed by atoms with E-state index in [4.69, 9.17) is 11.6 Å². The van der Waals surface area contributed by atoms with Crippen LogP contribution in [0, 0.1) is 5.41 Å². The fourth-order valence-electron chi connectivity index (χ4n) is 1.32. The lowest BCUT2D eigenvalue weighted by Gasteiger charge is -2.17. The minimum atomic E-state index is -0.421. The highest BCUT2D eigenvalue weighted by Crippen LogP contribution is 2.25. The smallest absolute Gasteiger partial charge is 0.187 e. The van der Waals surface area contributed by atoms with E-state index in [1.54, 1.807) is 4.68 Å². The number of rotatable bonds is 3. The summed E-state index contributed by atoms with van der Waals surface area (Å²) < 4.78 is 1.69. The molecule has 0 aliphatic carbocycles. The highest BCUT2D eigenvalue weighted by molar-refractivity contribution is 6.33. The van der Waals surface area contributed by atoms with E-state index in [1.165, 1.54) is 6.20 Å². The van der Waals surface area contributed by atoms with Gasteiger partial charge in [-0.25, -0.2) is 0 Å². The first-order valence-corrected chi connectivity index (χ1v) is 5.51. The number of carbonyl (C=O) groups excluding carboxylic acids is 1. The number of hydrogen-bond donors (Lipinski definition) is 0. The van der Waals surface area contributed by atoms with Crippen LogP contribution < -0.4 is 0 Å². The summed E-state index contributed by atoms with van der Waals surface area (Å²) in [6.45, 7) is 8.42. The topological polar surface area (TPSA) is 34.9 Å². The van der Waals surface area contributed by atoms with Gasteiger partial charge in [-0.05, 0) is 6.42 Å². The molecule has 0 radical (unpaired) electrons. The van der Waals surface area contributed by atoms with E-state index in [0.29, 0.717) is 10.7 Å². The summed E-state index contributed by atoms with van der Waals surface area (Å²) >= 11 is 5.98. The molecular weight excluding hydrogens is 212 g/mol. The fourth-order valence-corrected chi connectivity index (χ4v) is 1.55. The number of carbonyl (C=O) groups is 1. The number of halogens is 1. The van der Waals surface area contributed by atoms with Gasteiger partial charge in [0.2, 0.25) is 0 Å². The number of ketones is 1. The second-order valence-electron chi connectivity index (χ2n) is 4.64. The van der Waals surface area contributed by atoms with E-state index in [1.807, 2.05) is 27.7 Å². The zero-order valence-corrected chi connectivity index (χ0v) is 10.4. The normalized spacial score (nSPS) is 11.8. The fraction of sp³-hybridized carbons (Fsp3) is 0.636. The van der Waals surface area contributed by atoms with E-state index in [0.717, 1.165) is 13.0 Å². The molecule has 0 spiro atoms. The summed E-state index contributed by atoms with van der Waals surface area (Å²) in [6.07, 6.45) is 2.47. The van der Waals surface area contributed by atoms with Crippen molar-refractivity contribution in [1.82, 2.24) is 9.78 Å². The number of aryl methyl sites for hydroxylation is 1. The molecule has 15 heavy (non-hydrogen) atoms. The van der Waals surface area contributed by atoms with Gasteiger partial charge in [0.1, 0.15) is 5.69 Å². The average Bonchev–Trinajstić information content (AvgIpc) is 2.45. The second-order valence-corrected chi connectivity index (χ2v) is 5.05. The Kier molecular flexibility index (Phi) is 3.55.